The first kappa shape index (κ1) is 14.5. The maximum absolute atomic E-state index is 10.9. The Hall–Kier alpha value is -0.580. The van der Waals surface area contributed by atoms with E-state index in [2.05, 4.69) is 5.32 Å². The number of halogens is 1. The van der Waals surface area contributed by atoms with Crippen LogP contribution >= 0.6 is 11.6 Å². The van der Waals surface area contributed by atoms with Gasteiger partial charge in [0.15, 0.2) is 0 Å². The van der Waals surface area contributed by atoms with Crippen LogP contribution in [0, 0.1) is 6.92 Å². The van der Waals surface area contributed by atoms with Crippen LogP contribution in [0.2, 0.25) is 5.02 Å². The van der Waals surface area contributed by atoms with Gasteiger partial charge in [-0.15, -0.1) is 0 Å². The van der Waals surface area contributed by atoms with E-state index >= 15 is 0 Å². The fourth-order valence-corrected chi connectivity index (χ4v) is 2.31. The second-order valence-corrected chi connectivity index (χ2v) is 6.91. The van der Waals surface area contributed by atoms with Gasteiger partial charge in [0.2, 0.25) is 0 Å². The molecular weight excluding hydrogens is 258 g/mol. The molecule has 0 aliphatic carbocycles. The summed E-state index contributed by atoms with van der Waals surface area (Å²) < 4.78 is 21.8. The van der Waals surface area contributed by atoms with E-state index in [1.165, 1.54) is 6.26 Å². The van der Waals surface area contributed by atoms with E-state index in [9.17, 15) is 8.42 Å². The molecule has 96 valence electrons. The molecule has 1 aromatic rings. The van der Waals surface area contributed by atoms with Crippen molar-refractivity contribution in [3.8, 4) is 0 Å². The number of hydrogen-bond acceptors (Lipinski definition) is 3. The highest BCUT2D eigenvalue weighted by Crippen LogP contribution is 2.16. The first-order valence-electron chi connectivity index (χ1n) is 5.52. The third-order valence-corrected chi connectivity index (χ3v) is 3.87. The summed E-state index contributed by atoms with van der Waals surface area (Å²) in [5.41, 5.74) is 2.17. The van der Waals surface area contributed by atoms with Crippen molar-refractivity contribution in [1.82, 2.24) is 5.32 Å². The van der Waals surface area contributed by atoms with Crippen molar-refractivity contribution in [2.45, 2.75) is 19.9 Å². The molecule has 0 radical (unpaired) electrons. The highest BCUT2D eigenvalue weighted by Gasteiger charge is 2.01. The number of sulfone groups is 1. The predicted molar refractivity (Wildman–Crippen MR) is 72.2 cm³/mol. The van der Waals surface area contributed by atoms with Gasteiger partial charge in [-0.1, -0.05) is 23.7 Å². The van der Waals surface area contributed by atoms with E-state index < -0.39 is 9.84 Å². The molecule has 0 bridgehead atoms. The van der Waals surface area contributed by atoms with Crippen molar-refractivity contribution in [3.63, 3.8) is 0 Å². The summed E-state index contributed by atoms with van der Waals surface area (Å²) in [6.45, 7) is 3.37. The smallest absolute Gasteiger partial charge is 0.147 e. The molecule has 1 aromatic carbocycles. The Morgan fingerprint density at radius 1 is 1.35 bits per heavy atom. The predicted octanol–water partition coefficient (Wildman–Crippen LogP) is 2.17. The maximum atomic E-state index is 10.9. The molecule has 5 heteroatoms. The number of hydrogen-bond donors (Lipinski definition) is 1. The SMILES string of the molecule is Cc1ccc(CNCCCS(C)(=O)=O)cc1Cl. The van der Waals surface area contributed by atoms with Gasteiger partial charge in [-0.05, 0) is 37.1 Å². The summed E-state index contributed by atoms with van der Waals surface area (Å²) in [6, 6.07) is 5.93. The third kappa shape index (κ3) is 6.05. The van der Waals surface area contributed by atoms with Crippen LogP contribution in [-0.2, 0) is 16.4 Å². The molecule has 0 unspecified atom stereocenters. The van der Waals surface area contributed by atoms with E-state index in [4.69, 9.17) is 11.6 Å². The van der Waals surface area contributed by atoms with Gasteiger partial charge in [0, 0.05) is 17.8 Å². The molecule has 0 spiro atoms. The van der Waals surface area contributed by atoms with Gasteiger partial charge in [0.1, 0.15) is 9.84 Å². The second kappa shape index (κ2) is 6.38. The Labute approximate surface area is 108 Å². The summed E-state index contributed by atoms with van der Waals surface area (Å²) in [5, 5.41) is 3.96. The van der Waals surface area contributed by atoms with Gasteiger partial charge < -0.3 is 5.32 Å². The van der Waals surface area contributed by atoms with Crippen molar-refractivity contribution >= 4 is 21.4 Å². The Bertz CT molecular complexity index is 471. The van der Waals surface area contributed by atoms with Gasteiger partial charge in [-0.25, -0.2) is 8.42 Å². The van der Waals surface area contributed by atoms with Gasteiger partial charge in [-0.3, -0.25) is 0 Å². The van der Waals surface area contributed by atoms with Crippen molar-refractivity contribution in [3.05, 3.63) is 34.3 Å². The summed E-state index contributed by atoms with van der Waals surface area (Å²) in [4.78, 5) is 0. The highest BCUT2D eigenvalue weighted by atomic mass is 35.5. The third-order valence-electron chi connectivity index (χ3n) is 2.43. The lowest BCUT2D eigenvalue weighted by Gasteiger charge is -2.06. The molecule has 0 aliphatic rings. The lowest BCUT2D eigenvalue weighted by atomic mass is 10.1. The lowest BCUT2D eigenvalue weighted by Crippen LogP contribution is -2.17. The van der Waals surface area contributed by atoms with Crippen LogP contribution in [0.1, 0.15) is 17.5 Å². The minimum atomic E-state index is -2.84. The lowest BCUT2D eigenvalue weighted by molar-refractivity contribution is 0.594. The standard InChI is InChI=1S/C12H18ClNO2S/c1-10-4-5-11(8-12(10)13)9-14-6-3-7-17(2,15)16/h4-5,8,14H,3,6-7,9H2,1-2H3. The van der Waals surface area contributed by atoms with Gasteiger partial charge in [-0.2, -0.15) is 0 Å². The molecule has 1 N–H and O–H groups in total. The molecule has 0 atom stereocenters. The zero-order valence-electron chi connectivity index (χ0n) is 10.2. The van der Waals surface area contributed by atoms with Crippen LogP contribution in [0.4, 0.5) is 0 Å². The average Bonchev–Trinajstić information content (AvgIpc) is 2.21. The average molecular weight is 276 g/mol. The topological polar surface area (TPSA) is 46.2 Å². The summed E-state index contributed by atoms with van der Waals surface area (Å²) in [6.07, 6.45) is 1.89. The molecule has 3 nitrogen and oxygen atoms in total. The minimum absolute atomic E-state index is 0.231. The quantitative estimate of drug-likeness (QED) is 0.810. The van der Waals surface area contributed by atoms with Gasteiger partial charge in [0.25, 0.3) is 0 Å². The fourth-order valence-electron chi connectivity index (χ4n) is 1.44. The van der Waals surface area contributed by atoms with Crippen molar-refractivity contribution in [1.29, 1.82) is 0 Å². The molecule has 0 amide bonds. The van der Waals surface area contributed by atoms with Crippen LogP contribution in [0.15, 0.2) is 18.2 Å². The van der Waals surface area contributed by atoms with Crippen LogP contribution in [0.3, 0.4) is 0 Å². The van der Waals surface area contributed by atoms with Crippen molar-refractivity contribution in [2.24, 2.45) is 0 Å². The zero-order valence-corrected chi connectivity index (χ0v) is 11.7. The van der Waals surface area contributed by atoms with Crippen molar-refractivity contribution in [2.75, 3.05) is 18.6 Å². The fraction of sp³-hybridized carbons (Fsp3) is 0.500. The number of benzene rings is 1. The first-order valence-corrected chi connectivity index (χ1v) is 7.96. The van der Waals surface area contributed by atoms with Crippen LogP contribution in [0.25, 0.3) is 0 Å². The molecule has 1 rings (SSSR count). The summed E-state index contributed by atoms with van der Waals surface area (Å²) in [5.74, 6) is 0.231. The molecule has 0 aliphatic heterocycles. The van der Waals surface area contributed by atoms with E-state index in [0.29, 0.717) is 19.5 Å². The largest absolute Gasteiger partial charge is 0.313 e. The Kier molecular flexibility index (Phi) is 5.43. The van der Waals surface area contributed by atoms with E-state index in [1.54, 1.807) is 0 Å². The molecule has 0 aromatic heterocycles. The zero-order chi connectivity index (χ0) is 12.9. The van der Waals surface area contributed by atoms with Crippen molar-refractivity contribution < 1.29 is 8.42 Å². The van der Waals surface area contributed by atoms with Gasteiger partial charge >= 0.3 is 0 Å². The monoisotopic (exact) mass is 275 g/mol. The van der Waals surface area contributed by atoms with E-state index in [1.807, 2.05) is 25.1 Å². The number of aryl methyl sites for hydroxylation is 1. The Morgan fingerprint density at radius 2 is 2.06 bits per heavy atom. The van der Waals surface area contributed by atoms with Crippen LogP contribution < -0.4 is 5.32 Å². The Balaban J connectivity index is 2.29. The minimum Gasteiger partial charge on any atom is -0.313 e. The second-order valence-electron chi connectivity index (χ2n) is 4.24. The Morgan fingerprint density at radius 3 is 2.65 bits per heavy atom. The van der Waals surface area contributed by atoms with Gasteiger partial charge in [0.05, 0.1) is 5.75 Å². The molecule has 0 saturated carbocycles. The van der Waals surface area contributed by atoms with E-state index in [-0.39, 0.29) is 5.75 Å². The summed E-state index contributed by atoms with van der Waals surface area (Å²) in [7, 11) is -2.84. The number of nitrogens with one attached hydrogen (secondary N) is 1. The molecule has 0 saturated heterocycles. The molecule has 0 fully saturated rings. The number of rotatable bonds is 6. The highest BCUT2D eigenvalue weighted by molar-refractivity contribution is 7.90. The molecule has 17 heavy (non-hydrogen) atoms. The molecule has 0 heterocycles. The maximum Gasteiger partial charge on any atom is 0.147 e. The molecular formula is C12H18ClNO2S. The normalized spacial score (nSPS) is 11.7. The van der Waals surface area contributed by atoms with E-state index in [0.717, 1.165) is 16.1 Å². The van der Waals surface area contributed by atoms with Crippen LogP contribution in [-0.4, -0.2) is 27.0 Å². The summed E-state index contributed by atoms with van der Waals surface area (Å²) >= 11 is 6.01. The first-order chi connectivity index (χ1) is 7.88. The van der Waals surface area contributed by atoms with Crippen LogP contribution in [0.5, 0.6) is 0 Å².